The highest BCUT2D eigenvalue weighted by atomic mass is 35.5. The Kier molecular flexibility index (Phi) is 8.56. The van der Waals surface area contributed by atoms with Crippen LogP contribution in [0.1, 0.15) is 42.7 Å². The van der Waals surface area contributed by atoms with E-state index in [1.54, 1.807) is 12.1 Å². The Morgan fingerprint density at radius 3 is 2.56 bits per heavy atom. The summed E-state index contributed by atoms with van der Waals surface area (Å²) < 4.78 is 13.8. The molecule has 0 radical (unpaired) electrons. The summed E-state index contributed by atoms with van der Waals surface area (Å²) in [5.74, 6) is 0.240. The summed E-state index contributed by atoms with van der Waals surface area (Å²) in [6.45, 7) is 3.06. The van der Waals surface area contributed by atoms with Gasteiger partial charge >= 0.3 is 0 Å². The van der Waals surface area contributed by atoms with Crippen LogP contribution < -0.4 is 5.32 Å². The second-order valence-corrected chi connectivity index (χ2v) is 7.47. The minimum absolute atomic E-state index is 0. The average molecular weight is 411 g/mol. The van der Waals surface area contributed by atoms with Crippen molar-refractivity contribution < 1.29 is 4.39 Å². The van der Waals surface area contributed by atoms with Crippen molar-refractivity contribution in [3.63, 3.8) is 0 Å². The number of rotatable bonds is 3. The summed E-state index contributed by atoms with van der Waals surface area (Å²) >= 11 is 0. The van der Waals surface area contributed by atoms with Crippen LogP contribution in [0.3, 0.4) is 0 Å². The molecule has 0 spiro atoms. The predicted octanol–water partition coefficient (Wildman–Crippen LogP) is 5.17. The molecule has 2 fully saturated rings. The van der Waals surface area contributed by atoms with Crippen molar-refractivity contribution in [2.45, 2.75) is 50.2 Å². The van der Waals surface area contributed by atoms with Gasteiger partial charge in [-0.1, -0.05) is 55.3 Å². The minimum atomic E-state index is -0.124. The Balaban J connectivity index is 0.00000131. The van der Waals surface area contributed by atoms with E-state index < -0.39 is 0 Å². The quantitative estimate of drug-likeness (QED) is 0.750. The Morgan fingerprint density at radius 1 is 0.963 bits per heavy atom. The molecular weight excluding hydrogens is 382 g/mol. The minimum Gasteiger partial charge on any atom is -0.312 e. The molecule has 2 nitrogen and oxygen atoms in total. The van der Waals surface area contributed by atoms with E-state index in [2.05, 4.69) is 46.6 Å². The van der Waals surface area contributed by atoms with Gasteiger partial charge in [-0.25, -0.2) is 4.39 Å². The first-order valence-electron chi connectivity index (χ1n) is 9.58. The number of hydrogen-bond donors (Lipinski definition) is 1. The van der Waals surface area contributed by atoms with Crippen LogP contribution in [-0.2, 0) is 6.54 Å². The molecule has 1 N–H and O–H groups in total. The highest BCUT2D eigenvalue weighted by Crippen LogP contribution is 2.36. The second kappa shape index (κ2) is 10.4. The topological polar surface area (TPSA) is 15.3 Å². The van der Waals surface area contributed by atoms with Crippen LogP contribution in [0.25, 0.3) is 0 Å². The number of halogens is 3. The molecule has 4 rings (SSSR count). The first-order valence-corrected chi connectivity index (χ1v) is 9.58. The van der Waals surface area contributed by atoms with E-state index in [0.717, 1.165) is 25.2 Å². The van der Waals surface area contributed by atoms with Gasteiger partial charge in [-0.3, -0.25) is 4.90 Å². The Labute approximate surface area is 174 Å². The van der Waals surface area contributed by atoms with Gasteiger partial charge in [0.1, 0.15) is 5.82 Å². The third-order valence-electron chi connectivity index (χ3n) is 5.81. The number of nitrogens with one attached hydrogen (secondary N) is 1. The molecular formula is C22H29Cl2FN2. The molecule has 2 aromatic rings. The largest absolute Gasteiger partial charge is 0.312 e. The van der Waals surface area contributed by atoms with Crippen LogP contribution in [0.5, 0.6) is 0 Å². The standard InChI is InChI=1S/C22H27FN2.2ClH/c23-19-11-7-10-18(14-19)20-16-25(15-17-8-3-1-4-9-17)21-12-5-2-6-13-24-22(20)21;;/h1,3-4,7-11,14,20-22,24H,2,5-6,12-13,15-16H2;2*1H/t20-,21+,22-;;/m0../s1. The molecule has 0 unspecified atom stereocenters. The van der Waals surface area contributed by atoms with Crippen LogP contribution in [-0.4, -0.2) is 30.1 Å². The molecule has 2 saturated heterocycles. The molecule has 27 heavy (non-hydrogen) atoms. The van der Waals surface area contributed by atoms with Crippen LogP contribution >= 0.6 is 24.8 Å². The predicted molar refractivity (Wildman–Crippen MR) is 115 cm³/mol. The van der Waals surface area contributed by atoms with E-state index >= 15 is 0 Å². The van der Waals surface area contributed by atoms with E-state index in [0.29, 0.717) is 18.0 Å². The van der Waals surface area contributed by atoms with Gasteiger partial charge in [0, 0.05) is 31.1 Å². The molecule has 0 bridgehead atoms. The van der Waals surface area contributed by atoms with Gasteiger partial charge in [-0.2, -0.15) is 0 Å². The SMILES string of the molecule is Cl.Cl.Fc1cccc([C@@H]2CN(Cc3ccccc3)[C@@H]3CCCCCN[C@H]32)c1. The highest BCUT2D eigenvalue weighted by Gasteiger charge is 2.41. The highest BCUT2D eigenvalue weighted by molar-refractivity contribution is 5.85. The first kappa shape index (κ1) is 22.2. The van der Waals surface area contributed by atoms with Crippen LogP contribution in [0.15, 0.2) is 54.6 Å². The van der Waals surface area contributed by atoms with Gasteiger partial charge in [0.15, 0.2) is 0 Å². The van der Waals surface area contributed by atoms with E-state index in [1.165, 1.54) is 31.2 Å². The molecule has 2 aliphatic heterocycles. The summed E-state index contributed by atoms with van der Waals surface area (Å²) in [6.07, 6.45) is 5.08. The summed E-state index contributed by atoms with van der Waals surface area (Å²) in [5.41, 5.74) is 2.50. The summed E-state index contributed by atoms with van der Waals surface area (Å²) in [7, 11) is 0. The zero-order valence-electron chi connectivity index (χ0n) is 15.5. The molecule has 0 aromatic heterocycles. The zero-order chi connectivity index (χ0) is 17.1. The van der Waals surface area contributed by atoms with Gasteiger partial charge in [0.2, 0.25) is 0 Å². The normalized spacial score (nSPS) is 25.4. The molecule has 0 aliphatic carbocycles. The molecule has 0 saturated carbocycles. The van der Waals surface area contributed by atoms with E-state index in [4.69, 9.17) is 0 Å². The molecule has 5 heteroatoms. The van der Waals surface area contributed by atoms with Gasteiger partial charge in [0.25, 0.3) is 0 Å². The van der Waals surface area contributed by atoms with Crippen molar-refractivity contribution in [3.05, 3.63) is 71.5 Å². The van der Waals surface area contributed by atoms with Crippen molar-refractivity contribution in [1.29, 1.82) is 0 Å². The van der Waals surface area contributed by atoms with E-state index in [-0.39, 0.29) is 30.6 Å². The molecule has 3 atom stereocenters. The van der Waals surface area contributed by atoms with Crippen LogP contribution in [0.4, 0.5) is 4.39 Å². The number of fused-ring (bicyclic) bond motifs is 1. The fourth-order valence-corrected chi connectivity index (χ4v) is 4.61. The smallest absolute Gasteiger partial charge is 0.123 e. The third-order valence-corrected chi connectivity index (χ3v) is 5.81. The Bertz CT molecular complexity index is 698. The zero-order valence-corrected chi connectivity index (χ0v) is 17.2. The van der Waals surface area contributed by atoms with Crippen molar-refractivity contribution in [2.24, 2.45) is 0 Å². The van der Waals surface area contributed by atoms with Crippen molar-refractivity contribution in [3.8, 4) is 0 Å². The number of nitrogens with zero attached hydrogens (tertiary/aromatic N) is 1. The van der Waals surface area contributed by atoms with Gasteiger partial charge in [0.05, 0.1) is 0 Å². The number of likely N-dealkylation sites (tertiary alicyclic amines) is 1. The van der Waals surface area contributed by atoms with Crippen LogP contribution in [0.2, 0.25) is 0 Å². The number of benzene rings is 2. The van der Waals surface area contributed by atoms with Crippen molar-refractivity contribution in [2.75, 3.05) is 13.1 Å². The number of hydrogen-bond acceptors (Lipinski definition) is 2. The lowest BCUT2D eigenvalue weighted by atomic mass is 9.88. The molecule has 148 valence electrons. The van der Waals surface area contributed by atoms with Crippen molar-refractivity contribution in [1.82, 2.24) is 10.2 Å². The van der Waals surface area contributed by atoms with Gasteiger partial charge in [-0.05, 0) is 42.6 Å². The fourth-order valence-electron chi connectivity index (χ4n) is 4.61. The maximum absolute atomic E-state index is 13.8. The Morgan fingerprint density at radius 2 is 1.78 bits per heavy atom. The lowest BCUT2D eigenvalue weighted by Crippen LogP contribution is -2.45. The molecule has 2 aliphatic rings. The van der Waals surface area contributed by atoms with E-state index in [1.807, 2.05) is 6.07 Å². The maximum atomic E-state index is 13.8. The molecule has 0 amide bonds. The maximum Gasteiger partial charge on any atom is 0.123 e. The summed E-state index contributed by atoms with van der Waals surface area (Å²) in [4.78, 5) is 2.62. The lowest BCUT2D eigenvalue weighted by Gasteiger charge is -2.31. The first-order chi connectivity index (χ1) is 12.3. The third kappa shape index (κ3) is 5.23. The average Bonchev–Trinajstić information content (AvgIpc) is 2.92. The van der Waals surface area contributed by atoms with Gasteiger partial charge < -0.3 is 5.32 Å². The fraction of sp³-hybridized carbons (Fsp3) is 0.455. The van der Waals surface area contributed by atoms with Crippen LogP contribution in [0, 0.1) is 5.82 Å². The summed E-state index contributed by atoms with van der Waals surface area (Å²) in [5, 5.41) is 3.80. The summed E-state index contributed by atoms with van der Waals surface area (Å²) in [6, 6.07) is 18.9. The molecule has 2 aromatic carbocycles. The van der Waals surface area contributed by atoms with Gasteiger partial charge in [-0.15, -0.1) is 24.8 Å². The van der Waals surface area contributed by atoms with Crippen molar-refractivity contribution >= 4 is 24.8 Å². The van der Waals surface area contributed by atoms with E-state index in [9.17, 15) is 4.39 Å². The second-order valence-electron chi connectivity index (χ2n) is 7.47. The molecule has 2 heterocycles. The monoisotopic (exact) mass is 410 g/mol. The lowest BCUT2D eigenvalue weighted by molar-refractivity contribution is 0.204. The Hall–Kier alpha value is -1.13.